The molecule has 2 aromatic carbocycles. The molecule has 1 heterocycles. The Kier molecular flexibility index (Phi) is 6.01. The van der Waals surface area contributed by atoms with Crippen molar-refractivity contribution >= 4 is 29.4 Å². The van der Waals surface area contributed by atoms with Gasteiger partial charge in [-0.1, -0.05) is 30.3 Å². The summed E-state index contributed by atoms with van der Waals surface area (Å²) in [5.74, 6) is 1.47. The van der Waals surface area contributed by atoms with Gasteiger partial charge < -0.3 is 14.8 Å². The minimum atomic E-state index is -0.551. The maximum atomic E-state index is 12.6. The quantitative estimate of drug-likeness (QED) is 0.872. The van der Waals surface area contributed by atoms with Crippen molar-refractivity contribution in [1.29, 1.82) is 0 Å². The zero-order valence-electron chi connectivity index (χ0n) is 14.4. The highest BCUT2D eigenvalue weighted by molar-refractivity contribution is 7.99. The number of anilines is 1. The molecule has 26 heavy (non-hydrogen) atoms. The van der Waals surface area contributed by atoms with Crippen molar-refractivity contribution < 1.29 is 19.1 Å². The van der Waals surface area contributed by atoms with Crippen LogP contribution in [0.1, 0.15) is 5.56 Å². The molecule has 1 aliphatic heterocycles. The number of thioether (sulfide) groups is 1. The van der Waals surface area contributed by atoms with E-state index in [1.807, 2.05) is 30.3 Å². The molecule has 6 nitrogen and oxygen atoms in total. The van der Waals surface area contributed by atoms with Crippen molar-refractivity contribution in [3.63, 3.8) is 0 Å². The van der Waals surface area contributed by atoms with E-state index in [4.69, 9.17) is 9.47 Å². The minimum Gasteiger partial charge on any atom is -0.497 e. The maximum absolute atomic E-state index is 12.6. The fraction of sp³-hybridized carbons (Fsp3) is 0.263. The van der Waals surface area contributed by atoms with Crippen LogP contribution in [-0.4, -0.2) is 41.7 Å². The van der Waals surface area contributed by atoms with Crippen molar-refractivity contribution in [1.82, 2.24) is 4.90 Å². The summed E-state index contributed by atoms with van der Waals surface area (Å²) < 4.78 is 10.5. The third-order valence-corrected chi connectivity index (χ3v) is 4.99. The summed E-state index contributed by atoms with van der Waals surface area (Å²) in [5.41, 5.74) is 1.57. The van der Waals surface area contributed by atoms with Gasteiger partial charge in [0.2, 0.25) is 5.91 Å². The molecule has 136 valence electrons. The molecule has 0 radical (unpaired) electrons. The lowest BCUT2D eigenvalue weighted by Crippen LogP contribution is -2.44. The molecule has 1 saturated heterocycles. The Morgan fingerprint density at radius 3 is 2.58 bits per heavy atom. The topological polar surface area (TPSA) is 67.9 Å². The van der Waals surface area contributed by atoms with E-state index in [-0.39, 0.29) is 12.5 Å². The van der Waals surface area contributed by atoms with Crippen LogP contribution in [0.5, 0.6) is 5.75 Å². The summed E-state index contributed by atoms with van der Waals surface area (Å²) in [7, 11) is 1.59. The Morgan fingerprint density at radius 2 is 1.88 bits per heavy atom. The first-order chi connectivity index (χ1) is 12.7. The van der Waals surface area contributed by atoms with Gasteiger partial charge in [-0.25, -0.2) is 4.79 Å². The minimum absolute atomic E-state index is 0.188. The van der Waals surface area contributed by atoms with E-state index < -0.39 is 12.1 Å². The van der Waals surface area contributed by atoms with E-state index in [1.54, 1.807) is 31.4 Å². The third-order valence-electron chi connectivity index (χ3n) is 3.98. The second kappa shape index (κ2) is 8.62. The summed E-state index contributed by atoms with van der Waals surface area (Å²) in [4.78, 5) is 26.4. The number of methoxy groups -OCH3 is 1. The predicted molar refractivity (Wildman–Crippen MR) is 101 cm³/mol. The van der Waals surface area contributed by atoms with Crippen molar-refractivity contribution in [3.8, 4) is 5.75 Å². The Bertz CT molecular complexity index is 752. The Balaban J connectivity index is 1.57. The highest BCUT2D eigenvalue weighted by Crippen LogP contribution is 2.24. The molecule has 1 N–H and O–H groups in total. The van der Waals surface area contributed by atoms with Crippen molar-refractivity contribution in [2.24, 2.45) is 0 Å². The van der Waals surface area contributed by atoms with Crippen LogP contribution in [-0.2, 0) is 16.1 Å². The number of amides is 2. The summed E-state index contributed by atoms with van der Waals surface area (Å²) >= 11 is 1.53. The molecule has 0 bridgehead atoms. The molecule has 3 rings (SSSR count). The fourth-order valence-corrected chi connectivity index (χ4v) is 3.68. The lowest BCUT2D eigenvalue weighted by Gasteiger charge is -2.22. The first-order valence-electron chi connectivity index (χ1n) is 8.17. The monoisotopic (exact) mass is 372 g/mol. The van der Waals surface area contributed by atoms with Gasteiger partial charge in [-0.05, 0) is 29.8 Å². The molecule has 1 aliphatic rings. The van der Waals surface area contributed by atoms with Gasteiger partial charge in [0.1, 0.15) is 18.4 Å². The summed E-state index contributed by atoms with van der Waals surface area (Å²) in [5, 5.41) is 2.84. The lowest BCUT2D eigenvalue weighted by molar-refractivity contribution is -0.119. The second-order valence-corrected chi connectivity index (χ2v) is 6.74. The normalized spacial score (nSPS) is 16.2. The zero-order valence-corrected chi connectivity index (χ0v) is 15.2. The van der Waals surface area contributed by atoms with Gasteiger partial charge in [-0.3, -0.25) is 9.69 Å². The molecule has 0 saturated carbocycles. The molecule has 0 unspecified atom stereocenters. The van der Waals surface area contributed by atoms with E-state index in [0.717, 1.165) is 5.56 Å². The average Bonchev–Trinajstić information content (AvgIpc) is 3.17. The standard InChI is InChI=1S/C19H20N2O4S/c1-24-16-9-7-15(8-10-16)20-18(22)17-12-26-13-21(17)19(23)25-11-14-5-3-2-4-6-14/h2-10,17H,11-13H2,1H3,(H,20,22)/t17-/m0/s1. The fourth-order valence-electron chi connectivity index (χ4n) is 2.54. The molecule has 0 aromatic heterocycles. The average molecular weight is 372 g/mol. The van der Waals surface area contributed by atoms with Crippen molar-refractivity contribution in [2.45, 2.75) is 12.6 Å². The third kappa shape index (κ3) is 4.49. The molecule has 2 amide bonds. The Hall–Kier alpha value is -2.67. The number of ether oxygens (including phenoxy) is 2. The number of benzene rings is 2. The Morgan fingerprint density at radius 1 is 1.15 bits per heavy atom. The predicted octanol–water partition coefficient (Wildman–Crippen LogP) is 3.35. The van der Waals surface area contributed by atoms with E-state index >= 15 is 0 Å². The van der Waals surface area contributed by atoms with E-state index in [1.165, 1.54) is 16.7 Å². The smallest absolute Gasteiger partial charge is 0.411 e. The lowest BCUT2D eigenvalue weighted by atomic mass is 10.2. The number of hydrogen-bond donors (Lipinski definition) is 1. The van der Waals surface area contributed by atoms with Crippen LogP contribution >= 0.6 is 11.8 Å². The number of nitrogens with zero attached hydrogens (tertiary/aromatic N) is 1. The van der Waals surface area contributed by atoms with Crippen LogP contribution in [0.2, 0.25) is 0 Å². The molecule has 2 aromatic rings. The second-order valence-electron chi connectivity index (χ2n) is 5.74. The molecule has 0 aliphatic carbocycles. The summed E-state index contributed by atoms with van der Waals surface area (Å²) in [6.07, 6.45) is -0.478. The van der Waals surface area contributed by atoms with Crippen LogP contribution in [0, 0.1) is 0 Å². The Labute approximate surface area is 156 Å². The van der Waals surface area contributed by atoms with Crippen LogP contribution in [0.4, 0.5) is 10.5 Å². The number of hydrogen-bond acceptors (Lipinski definition) is 5. The van der Waals surface area contributed by atoms with Gasteiger partial charge in [-0.15, -0.1) is 11.8 Å². The molecule has 1 atom stereocenters. The summed E-state index contributed by atoms with van der Waals surface area (Å²) in [6.45, 7) is 0.188. The van der Waals surface area contributed by atoms with Crippen LogP contribution < -0.4 is 10.1 Å². The van der Waals surface area contributed by atoms with Gasteiger partial charge in [0.05, 0.1) is 13.0 Å². The number of carbonyl (C=O) groups is 2. The molecule has 7 heteroatoms. The van der Waals surface area contributed by atoms with Crippen molar-refractivity contribution in [3.05, 3.63) is 60.2 Å². The van der Waals surface area contributed by atoms with E-state index in [9.17, 15) is 9.59 Å². The highest BCUT2D eigenvalue weighted by atomic mass is 32.2. The molecule has 1 fully saturated rings. The maximum Gasteiger partial charge on any atom is 0.411 e. The number of nitrogens with one attached hydrogen (secondary N) is 1. The first-order valence-corrected chi connectivity index (χ1v) is 9.33. The van der Waals surface area contributed by atoms with Crippen LogP contribution in [0.3, 0.4) is 0 Å². The highest BCUT2D eigenvalue weighted by Gasteiger charge is 2.35. The largest absolute Gasteiger partial charge is 0.497 e. The molecular formula is C19H20N2O4S. The van der Waals surface area contributed by atoms with E-state index in [0.29, 0.717) is 23.1 Å². The molecular weight excluding hydrogens is 352 g/mol. The number of rotatable bonds is 5. The SMILES string of the molecule is COc1ccc(NC(=O)[C@@H]2CSCN2C(=O)OCc2ccccc2)cc1. The van der Waals surface area contributed by atoms with Crippen LogP contribution in [0.25, 0.3) is 0 Å². The van der Waals surface area contributed by atoms with Gasteiger partial charge in [0.15, 0.2) is 0 Å². The molecule has 0 spiro atoms. The zero-order chi connectivity index (χ0) is 18.4. The van der Waals surface area contributed by atoms with Gasteiger partial charge in [0.25, 0.3) is 0 Å². The van der Waals surface area contributed by atoms with Crippen molar-refractivity contribution in [2.75, 3.05) is 24.1 Å². The number of carbonyl (C=O) groups excluding carboxylic acids is 2. The van der Waals surface area contributed by atoms with E-state index in [2.05, 4.69) is 5.32 Å². The summed E-state index contributed by atoms with van der Waals surface area (Å²) in [6, 6.07) is 16.0. The van der Waals surface area contributed by atoms with Crippen LogP contribution in [0.15, 0.2) is 54.6 Å². The first kappa shape index (κ1) is 18.1. The van der Waals surface area contributed by atoms with Gasteiger partial charge in [-0.2, -0.15) is 0 Å². The van der Waals surface area contributed by atoms with Gasteiger partial charge >= 0.3 is 6.09 Å². The van der Waals surface area contributed by atoms with Gasteiger partial charge in [0, 0.05) is 11.4 Å².